The minimum atomic E-state index is -0.962. The van der Waals surface area contributed by atoms with Gasteiger partial charge in [0.15, 0.2) is 17.6 Å². The Hall–Kier alpha value is -3.36. The number of phenolic OH excluding ortho intramolecular Hbond substituents is 1. The zero-order chi connectivity index (χ0) is 22.4. The molecule has 0 aliphatic carbocycles. The topological polar surface area (TPSA) is 79.3 Å². The molecule has 162 valence electrons. The van der Waals surface area contributed by atoms with Crippen LogP contribution in [0.1, 0.15) is 11.6 Å². The van der Waals surface area contributed by atoms with E-state index >= 15 is 0 Å². The number of anilines is 2. The quantitative estimate of drug-likeness (QED) is 0.547. The lowest BCUT2D eigenvalue weighted by Gasteiger charge is -2.29. The second-order valence-corrected chi connectivity index (χ2v) is 8.49. The van der Waals surface area contributed by atoms with Crippen LogP contribution in [0.15, 0.2) is 77.3 Å². The van der Waals surface area contributed by atoms with Crippen molar-refractivity contribution in [2.75, 3.05) is 17.1 Å². The number of hydroxylamine groups is 1. The minimum Gasteiger partial charge on any atom is -0.504 e. The van der Waals surface area contributed by atoms with Crippen LogP contribution in [-0.2, 0) is 14.4 Å². The van der Waals surface area contributed by atoms with Gasteiger partial charge in [0.25, 0.3) is 5.91 Å². The van der Waals surface area contributed by atoms with Crippen LogP contribution in [-0.4, -0.2) is 30.1 Å². The number of fused-ring (bicyclic) bond motifs is 1. The monoisotopic (exact) mass is 494 g/mol. The molecular weight excluding hydrogens is 476 g/mol. The maximum absolute atomic E-state index is 13.6. The summed E-state index contributed by atoms with van der Waals surface area (Å²) in [5.74, 6) is -1.24. The second kappa shape index (κ2) is 7.96. The highest BCUT2D eigenvalue weighted by Gasteiger charge is 2.60. The largest absolute Gasteiger partial charge is 0.504 e. The number of amides is 2. The summed E-state index contributed by atoms with van der Waals surface area (Å²) in [6.07, 6.45) is -0.962. The number of halogens is 1. The van der Waals surface area contributed by atoms with Gasteiger partial charge in [-0.3, -0.25) is 14.4 Å². The van der Waals surface area contributed by atoms with E-state index in [2.05, 4.69) is 15.9 Å². The van der Waals surface area contributed by atoms with Gasteiger partial charge in [-0.2, -0.15) is 0 Å². The Bertz CT molecular complexity index is 1180. The van der Waals surface area contributed by atoms with Gasteiger partial charge in [0.2, 0.25) is 5.91 Å². The molecule has 3 aromatic carbocycles. The van der Waals surface area contributed by atoms with Gasteiger partial charge in [-0.05, 0) is 54.1 Å². The predicted octanol–water partition coefficient (Wildman–Crippen LogP) is 4.21. The highest BCUT2D eigenvalue weighted by molar-refractivity contribution is 9.10. The molecule has 1 N–H and O–H groups in total. The molecule has 32 heavy (non-hydrogen) atoms. The standard InChI is InChI=1S/C24H19BrN2O5/c1-31-19-13-14(7-12-18(19)28)21-20-22(32-27(21)17-5-3-2-4-6-17)24(30)26(23(20)29)16-10-8-15(25)9-11-16/h2-13,20-22,28H,1H3/t20-,21-,22-/m0/s1. The lowest BCUT2D eigenvalue weighted by Crippen LogP contribution is -2.37. The number of phenols is 1. The molecule has 0 saturated carbocycles. The third-order valence-electron chi connectivity index (χ3n) is 5.76. The van der Waals surface area contributed by atoms with E-state index in [-0.39, 0.29) is 17.4 Å². The van der Waals surface area contributed by atoms with Crippen LogP contribution in [0.5, 0.6) is 11.5 Å². The molecule has 8 heteroatoms. The van der Waals surface area contributed by atoms with Crippen LogP contribution in [0, 0.1) is 5.92 Å². The Labute approximate surface area is 192 Å². The van der Waals surface area contributed by atoms with Crippen LogP contribution >= 0.6 is 15.9 Å². The van der Waals surface area contributed by atoms with Crippen molar-refractivity contribution in [3.8, 4) is 11.5 Å². The van der Waals surface area contributed by atoms with E-state index in [4.69, 9.17) is 9.57 Å². The number of aromatic hydroxyl groups is 1. The van der Waals surface area contributed by atoms with Crippen LogP contribution in [0.4, 0.5) is 11.4 Å². The first-order valence-electron chi connectivity index (χ1n) is 10.0. The zero-order valence-corrected chi connectivity index (χ0v) is 18.6. The molecule has 3 atom stereocenters. The number of rotatable bonds is 4. The van der Waals surface area contributed by atoms with Crippen molar-refractivity contribution in [3.05, 3.63) is 82.8 Å². The lowest BCUT2D eigenvalue weighted by molar-refractivity contribution is -0.126. The van der Waals surface area contributed by atoms with Gasteiger partial charge in [0.1, 0.15) is 5.92 Å². The molecule has 0 bridgehead atoms. The van der Waals surface area contributed by atoms with E-state index in [1.807, 2.05) is 30.3 Å². The van der Waals surface area contributed by atoms with Crippen LogP contribution in [0.25, 0.3) is 0 Å². The number of para-hydroxylation sites is 1. The van der Waals surface area contributed by atoms with Gasteiger partial charge in [0, 0.05) is 4.47 Å². The van der Waals surface area contributed by atoms with Crippen LogP contribution in [0.3, 0.4) is 0 Å². The second-order valence-electron chi connectivity index (χ2n) is 7.58. The highest BCUT2D eigenvalue weighted by Crippen LogP contribution is 2.48. The number of hydrogen-bond donors (Lipinski definition) is 1. The first kappa shape index (κ1) is 20.5. The fraction of sp³-hybridized carbons (Fsp3) is 0.167. The highest BCUT2D eigenvalue weighted by atomic mass is 79.9. The molecule has 0 radical (unpaired) electrons. The Kier molecular flexibility index (Phi) is 5.11. The maximum Gasteiger partial charge on any atom is 0.266 e. The number of hydrogen-bond acceptors (Lipinski definition) is 6. The average Bonchev–Trinajstić information content (AvgIpc) is 3.32. The Morgan fingerprint density at radius 1 is 0.938 bits per heavy atom. The molecule has 2 heterocycles. The summed E-state index contributed by atoms with van der Waals surface area (Å²) in [6, 6.07) is 20.6. The molecule has 7 nitrogen and oxygen atoms in total. The normalized spacial score (nSPS) is 22.4. The lowest BCUT2D eigenvalue weighted by atomic mass is 9.90. The number of carbonyl (C=O) groups excluding carboxylic acids is 2. The SMILES string of the molecule is COc1cc([C@H]2[C@@H]3C(=O)N(c4ccc(Br)cc4)C(=O)[C@H]3ON2c2ccccc2)ccc1O. The van der Waals surface area contributed by atoms with Crippen molar-refractivity contribution in [1.29, 1.82) is 0 Å². The molecule has 0 spiro atoms. The zero-order valence-electron chi connectivity index (χ0n) is 17.0. The minimum absolute atomic E-state index is 0.0108. The molecule has 0 aromatic heterocycles. The summed E-state index contributed by atoms with van der Waals surface area (Å²) in [6.45, 7) is 0. The van der Waals surface area contributed by atoms with Crippen molar-refractivity contribution < 1.29 is 24.3 Å². The Balaban J connectivity index is 1.60. The van der Waals surface area contributed by atoms with Crippen molar-refractivity contribution in [3.63, 3.8) is 0 Å². The summed E-state index contributed by atoms with van der Waals surface area (Å²) in [5, 5.41) is 11.7. The fourth-order valence-electron chi connectivity index (χ4n) is 4.28. The van der Waals surface area contributed by atoms with Gasteiger partial charge in [-0.25, -0.2) is 9.96 Å². The smallest absolute Gasteiger partial charge is 0.266 e. The summed E-state index contributed by atoms with van der Waals surface area (Å²) in [4.78, 5) is 34.2. The van der Waals surface area contributed by atoms with E-state index in [9.17, 15) is 14.7 Å². The number of benzene rings is 3. The van der Waals surface area contributed by atoms with Crippen molar-refractivity contribution in [2.24, 2.45) is 5.92 Å². The number of methoxy groups -OCH3 is 1. The van der Waals surface area contributed by atoms with Crippen LogP contribution < -0.4 is 14.7 Å². The number of carbonyl (C=O) groups is 2. The van der Waals surface area contributed by atoms with Crippen molar-refractivity contribution in [1.82, 2.24) is 0 Å². The van der Waals surface area contributed by atoms with Gasteiger partial charge in [0.05, 0.1) is 24.5 Å². The van der Waals surface area contributed by atoms with Crippen molar-refractivity contribution >= 4 is 39.1 Å². The summed E-state index contributed by atoms with van der Waals surface area (Å²) in [7, 11) is 1.46. The van der Waals surface area contributed by atoms with Gasteiger partial charge < -0.3 is 9.84 Å². The first-order chi connectivity index (χ1) is 15.5. The molecule has 2 aliphatic rings. The summed E-state index contributed by atoms with van der Waals surface area (Å²) < 4.78 is 6.12. The molecule has 0 unspecified atom stereocenters. The Morgan fingerprint density at radius 3 is 2.34 bits per heavy atom. The fourth-order valence-corrected chi connectivity index (χ4v) is 4.54. The van der Waals surface area contributed by atoms with Crippen LogP contribution in [0.2, 0.25) is 0 Å². The molecule has 2 saturated heterocycles. The molecule has 2 fully saturated rings. The van der Waals surface area contributed by atoms with Crippen molar-refractivity contribution in [2.45, 2.75) is 12.1 Å². The molecule has 5 rings (SSSR count). The molecule has 2 aliphatic heterocycles. The first-order valence-corrected chi connectivity index (χ1v) is 10.8. The van der Waals surface area contributed by atoms with E-state index in [0.717, 1.165) is 10.2 Å². The predicted molar refractivity (Wildman–Crippen MR) is 121 cm³/mol. The number of nitrogens with zero attached hydrogens (tertiary/aromatic N) is 2. The summed E-state index contributed by atoms with van der Waals surface area (Å²) >= 11 is 3.37. The molecule has 3 aromatic rings. The summed E-state index contributed by atoms with van der Waals surface area (Å²) in [5.41, 5.74) is 1.90. The van der Waals surface area contributed by atoms with E-state index in [1.54, 1.807) is 41.5 Å². The average molecular weight is 495 g/mol. The molecular formula is C24H19BrN2O5. The Morgan fingerprint density at radius 2 is 1.66 bits per heavy atom. The third kappa shape index (κ3) is 3.23. The van der Waals surface area contributed by atoms with E-state index < -0.39 is 24.0 Å². The van der Waals surface area contributed by atoms with E-state index in [1.165, 1.54) is 18.1 Å². The van der Waals surface area contributed by atoms with Gasteiger partial charge >= 0.3 is 0 Å². The van der Waals surface area contributed by atoms with Gasteiger partial charge in [-0.1, -0.05) is 40.2 Å². The number of ether oxygens (including phenoxy) is 1. The maximum atomic E-state index is 13.6. The number of imide groups is 1. The third-order valence-corrected chi connectivity index (χ3v) is 6.28. The van der Waals surface area contributed by atoms with E-state index in [0.29, 0.717) is 11.3 Å². The van der Waals surface area contributed by atoms with Gasteiger partial charge in [-0.15, -0.1) is 0 Å². The molecule has 2 amide bonds.